The van der Waals surface area contributed by atoms with Crippen molar-refractivity contribution in [2.24, 2.45) is 0 Å². The summed E-state index contributed by atoms with van der Waals surface area (Å²) >= 11 is 5.92. The number of hydrogen-bond donors (Lipinski definition) is 2. The summed E-state index contributed by atoms with van der Waals surface area (Å²) in [5.41, 5.74) is 0.475. The second-order valence-electron chi connectivity index (χ2n) is 6.43. The summed E-state index contributed by atoms with van der Waals surface area (Å²) < 4.78 is 46.1. The van der Waals surface area contributed by atoms with Crippen LogP contribution in [0.15, 0.2) is 18.2 Å². The van der Waals surface area contributed by atoms with Crippen LogP contribution in [0.3, 0.4) is 0 Å². The zero-order chi connectivity index (χ0) is 20.3. The van der Waals surface area contributed by atoms with Crippen LogP contribution < -0.4 is 15.4 Å². The summed E-state index contributed by atoms with van der Waals surface area (Å²) in [5.74, 6) is 0.440. The molecule has 0 aliphatic heterocycles. The van der Waals surface area contributed by atoms with Gasteiger partial charge in [-0.15, -0.1) is 0 Å². The number of rotatable bonds is 5. The smallest absolute Gasteiger partial charge is 0.435 e. The van der Waals surface area contributed by atoms with E-state index in [1.807, 2.05) is 0 Å². The van der Waals surface area contributed by atoms with Crippen LogP contribution in [-0.2, 0) is 25.6 Å². The lowest BCUT2D eigenvalue weighted by Crippen LogP contribution is -2.32. The van der Waals surface area contributed by atoms with Gasteiger partial charge in [0.1, 0.15) is 5.75 Å². The quantitative estimate of drug-likeness (QED) is 0.765. The zero-order valence-electron chi connectivity index (χ0n) is 15.2. The Bertz CT molecular complexity index is 867. The molecule has 0 unspecified atom stereocenters. The number of alkyl halides is 3. The predicted octanol–water partition coefficient (Wildman–Crippen LogP) is 4.26. The second kappa shape index (κ2) is 8.30. The maximum absolute atomic E-state index is 13.2. The molecule has 0 bridgehead atoms. The van der Waals surface area contributed by atoms with Gasteiger partial charge in [0.15, 0.2) is 5.69 Å². The Balaban J connectivity index is 1.63. The molecule has 0 spiro atoms. The standard InChI is InChI=1S/C18H20ClF3N4O2/c1-28-15-7-6-11(19)10-13(15)24-17(27)23-8-9-26-14-5-3-2-4-12(14)16(25-26)18(20,21)22/h6-7,10H,2-5,8-9H2,1H3,(H2,23,24,27). The van der Waals surface area contributed by atoms with Crippen LogP contribution in [0.2, 0.25) is 5.02 Å². The maximum Gasteiger partial charge on any atom is 0.435 e. The largest absolute Gasteiger partial charge is 0.495 e. The van der Waals surface area contributed by atoms with Gasteiger partial charge in [0.05, 0.1) is 19.3 Å². The molecule has 0 atom stereocenters. The van der Waals surface area contributed by atoms with E-state index in [0.717, 1.165) is 12.8 Å². The number of anilines is 1. The highest BCUT2D eigenvalue weighted by Crippen LogP contribution is 2.35. The molecule has 1 aliphatic carbocycles. The third-order valence-electron chi connectivity index (χ3n) is 4.54. The molecule has 0 radical (unpaired) electrons. The Morgan fingerprint density at radius 2 is 2.07 bits per heavy atom. The molecule has 1 aliphatic rings. The normalized spacial score (nSPS) is 13.8. The van der Waals surface area contributed by atoms with E-state index in [2.05, 4.69) is 15.7 Å². The van der Waals surface area contributed by atoms with E-state index >= 15 is 0 Å². The highest BCUT2D eigenvalue weighted by molar-refractivity contribution is 6.31. The van der Waals surface area contributed by atoms with Crippen molar-refractivity contribution < 1.29 is 22.7 Å². The highest BCUT2D eigenvalue weighted by atomic mass is 35.5. The molecular formula is C18H20ClF3N4O2. The summed E-state index contributed by atoms with van der Waals surface area (Å²) in [7, 11) is 1.46. The summed E-state index contributed by atoms with van der Waals surface area (Å²) in [4.78, 5) is 12.1. The first-order valence-corrected chi connectivity index (χ1v) is 9.21. The first-order chi connectivity index (χ1) is 13.3. The van der Waals surface area contributed by atoms with Gasteiger partial charge in [0.2, 0.25) is 0 Å². The van der Waals surface area contributed by atoms with Gasteiger partial charge in [0, 0.05) is 22.8 Å². The van der Waals surface area contributed by atoms with Gasteiger partial charge >= 0.3 is 12.2 Å². The molecule has 152 valence electrons. The molecule has 6 nitrogen and oxygen atoms in total. The van der Waals surface area contributed by atoms with Crippen molar-refractivity contribution in [3.05, 3.63) is 40.2 Å². The lowest BCUT2D eigenvalue weighted by Gasteiger charge is -2.15. The van der Waals surface area contributed by atoms with Crippen molar-refractivity contribution in [3.63, 3.8) is 0 Å². The molecule has 2 aromatic rings. The molecule has 2 amide bonds. The molecule has 1 aromatic heterocycles. The van der Waals surface area contributed by atoms with Gasteiger partial charge in [-0.1, -0.05) is 11.6 Å². The molecule has 0 fully saturated rings. The number of aromatic nitrogens is 2. The first kappa shape index (κ1) is 20.3. The number of nitrogens with zero attached hydrogens (tertiary/aromatic N) is 2. The van der Waals surface area contributed by atoms with E-state index in [4.69, 9.17) is 16.3 Å². The van der Waals surface area contributed by atoms with Gasteiger partial charge < -0.3 is 15.4 Å². The molecule has 28 heavy (non-hydrogen) atoms. The number of nitrogens with one attached hydrogen (secondary N) is 2. The lowest BCUT2D eigenvalue weighted by molar-refractivity contribution is -0.142. The van der Waals surface area contributed by atoms with Crippen molar-refractivity contribution in [2.75, 3.05) is 19.0 Å². The van der Waals surface area contributed by atoms with Crippen molar-refractivity contribution in [3.8, 4) is 5.75 Å². The monoisotopic (exact) mass is 416 g/mol. The Kier molecular flexibility index (Phi) is 6.02. The molecule has 1 heterocycles. The van der Waals surface area contributed by atoms with Crippen molar-refractivity contribution in [2.45, 2.75) is 38.4 Å². The number of fused-ring (bicyclic) bond motifs is 1. The Labute approximate surface area is 165 Å². The number of carbonyl (C=O) groups excluding carboxylic acids is 1. The predicted molar refractivity (Wildman–Crippen MR) is 98.9 cm³/mol. The second-order valence-corrected chi connectivity index (χ2v) is 6.86. The number of methoxy groups -OCH3 is 1. The first-order valence-electron chi connectivity index (χ1n) is 8.83. The van der Waals surface area contributed by atoms with Crippen molar-refractivity contribution >= 4 is 23.3 Å². The molecule has 2 N–H and O–H groups in total. The van der Waals surface area contributed by atoms with Crippen LogP contribution >= 0.6 is 11.6 Å². The van der Waals surface area contributed by atoms with E-state index in [-0.39, 0.29) is 18.7 Å². The number of urea groups is 1. The van der Waals surface area contributed by atoms with Crippen LogP contribution in [0, 0.1) is 0 Å². The number of amides is 2. The number of benzene rings is 1. The average molecular weight is 417 g/mol. The Morgan fingerprint density at radius 3 is 2.79 bits per heavy atom. The number of carbonyl (C=O) groups is 1. The van der Waals surface area contributed by atoms with Gasteiger partial charge in [-0.3, -0.25) is 4.68 Å². The number of hydrogen-bond acceptors (Lipinski definition) is 3. The average Bonchev–Trinajstić information content (AvgIpc) is 3.01. The van der Waals surface area contributed by atoms with Crippen LogP contribution in [0.4, 0.5) is 23.7 Å². The SMILES string of the molecule is COc1ccc(Cl)cc1NC(=O)NCCn1nc(C(F)(F)F)c2c1CCCC2. The minimum Gasteiger partial charge on any atom is -0.495 e. The molecule has 0 saturated heterocycles. The van der Waals surface area contributed by atoms with E-state index in [0.29, 0.717) is 35.0 Å². The van der Waals surface area contributed by atoms with Crippen molar-refractivity contribution in [1.29, 1.82) is 0 Å². The zero-order valence-corrected chi connectivity index (χ0v) is 16.0. The third kappa shape index (κ3) is 4.52. The molecule has 1 aromatic carbocycles. The minimum atomic E-state index is -4.47. The Hall–Kier alpha value is -2.42. The number of ether oxygens (including phenoxy) is 1. The third-order valence-corrected chi connectivity index (χ3v) is 4.78. The van der Waals surface area contributed by atoms with Crippen LogP contribution in [0.25, 0.3) is 0 Å². The fourth-order valence-electron chi connectivity index (χ4n) is 3.30. The maximum atomic E-state index is 13.2. The fourth-order valence-corrected chi connectivity index (χ4v) is 3.48. The van der Waals surface area contributed by atoms with E-state index < -0.39 is 17.9 Å². The van der Waals surface area contributed by atoms with Gasteiger partial charge in [-0.2, -0.15) is 18.3 Å². The summed E-state index contributed by atoms with van der Waals surface area (Å²) in [6.45, 7) is 0.276. The van der Waals surface area contributed by atoms with Gasteiger partial charge in [-0.25, -0.2) is 4.79 Å². The van der Waals surface area contributed by atoms with E-state index in [1.54, 1.807) is 18.2 Å². The van der Waals surface area contributed by atoms with Gasteiger partial charge in [0.25, 0.3) is 0 Å². The summed E-state index contributed by atoms with van der Waals surface area (Å²) in [5, 5.41) is 9.42. The van der Waals surface area contributed by atoms with Gasteiger partial charge in [-0.05, 0) is 43.9 Å². The lowest BCUT2D eigenvalue weighted by atomic mass is 9.95. The van der Waals surface area contributed by atoms with Crippen LogP contribution in [0.1, 0.15) is 29.8 Å². The topological polar surface area (TPSA) is 68.2 Å². The minimum absolute atomic E-state index is 0.125. The fraction of sp³-hybridized carbons (Fsp3) is 0.444. The van der Waals surface area contributed by atoms with Crippen LogP contribution in [0.5, 0.6) is 5.75 Å². The molecular weight excluding hydrogens is 397 g/mol. The van der Waals surface area contributed by atoms with E-state index in [1.165, 1.54) is 11.8 Å². The Morgan fingerprint density at radius 1 is 1.32 bits per heavy atom. The summed E-state index contributed by atoms with van der Waals surface area (Å²) in [6, 6.07) is 4.27. The number of halogens is 4. The van der Waals surface area contributed by atoms with E-state index in [9.17, 15) is 18.0 Å². The van der Waals surface area contributed by atoms with Crippen LogP contribution in [-0.4, -0.2) is 29.5 Å². The molecule has 3 rings (SSSR count). The summed E-state index contributed by atoms with van der Waals surface area (Å²) in [6.07, 6.45) is -1.97. The highest BCUT2D eigenvalue weighted by Gasteiger charge is 2.39. The van der Waals surface area contributed by atoms with Crippen molar-refractivity contribution in [1.82, 2.24) is 15.1 Å². The molecule has 0 saturated carbocycles. The molecule has 10 heteroatoms.